The summed E-state index contributed by atoms with van der Waals surface area (Å²) in [6.45, 7) is 11.3. The van der Waals surface area contributed by atoms with Crippen LogP contribution in [0.15, 0.2) is 6.20 Å². The van der Waals surface area contributed by atoms with Crippen molar-refractivity contribution in [2.24, 2.45) is 0 Å². The fourth-order valence-electron chi connectivity index (χ4n) is 1.81. The maximum Gasteiger partial charge on any atom is 0.161 e. The number of hydrogen-bond acceptors (Lipinski definition) is 4. The molecule has 4 nitrogen and oxygen atoms in total. The Hall–Kier alpha value is -1.16. The molecule has 0 atom stereocenters. The Morgan fingerprint density at radius 3 is 2.65 bits per heavy atom. The van der Waals surface area contributed by atoms with Crippen LogP contribution in [0.4, 0.5) is 0 Å². The minimum Gasteiger partial charge on any atom is -0.484 e. The van der Waals surface area contributed by atoms with Gasteiger partial charge in [0.25, 0.3) is 0 Å². The van der Waals surface area contributed by atoms with Crippen molar-refractivity contribution in [3.05, 3.63) is 17.7 Å². The van der Waals surface area contributed by atoms with Gasteiger partial charge in [0, 0.05) is 18.5 Å². The third-order valence-electron chi connectivity index (χ3n) is 3.74. The molecule has 1 N–H and O–H groups in total. The Morgan fingerprint density at radius 1 is 1.40 bits per heavy atom. The van der Waals surface area contributed by atoms with Crippen LogP contribution in [0.1, 0.15) is 71.3 Å². The zero-order valence-corrected chi connectivity index (χ0v) is 13.4. The molecular weight excluding hydrogens is 250 g/mol. The second-order valence-corrected chi connectivity index (χ2v) is 6.56. The first-order chi connectivity index (χ1) is 9.41. The molecule has 0 saturated heterocycles. The zero-order valence-electron chi connectivity index (χ0n) is 13.4. The predicted octanol–water partition coefficient (Wildman–Crippen LogP) is 3.42. The lowest BCUT2D eigenvalue weighted by Gasteiger charge is -2.26. The van der Waals surface area contributed by atoms with E-state index >= 15 is 0 Å². The largest absolute Gasteiger partial charge is 0.484 e. The van der Waals surface area contributed by atoms with Crippen molar-refractivity contribution in [1.29, 1.82) is 0 Å². The lowest BCUT2D eigenvalue weighted by atomic mass is 10.1. The lowest BCUT2D eigenvalue weighted by molar-refractivity contribution is 0.102. The van der Waals surface area contributed by atoms with Crippen molar-refractivity contribution in [2.45, 2.75) is 78.0 Å². The molecule has 4 heteroatoms. The van der Waals surface area contributed by atoms with Gasteiger partial charge in [-0.3, -0.25) is 0 Å². The first kappa shape index (κ1) is 15.2. The molecule has 1 aliphatic carbocycles. The van der Waals surface area contributed by atoms with Crippen LogP contribution in [0.5, 0.6) is 5.75 Å². The number of hydrogen-bond donors (Lipinski definition) is 1. The summed E-state index contributed by atoms with van der Waals surface area (Å²) in [6.07, 6.45) is 5.34. The van der Waals surface area contributed by atoms with Gasteiger partial charge >= 0.3 is 0 Å². The van der Waals surface area contributed by atoms with Crippen molar-refractivity contribution in [1.82, 2.24) is 15.3 Å². The van der Waals surface area contributed by atoms with Gasteiger partial charge in [-0.05, 0) is 33.1 Å². The van der Waals surface area contributed by atoms with Crippen molar-refractivity contribution in [2.75, 3.05) is 0 Å². The fraction of sp³-hybridized carbons (Fsp3) is 0.750. The van der Waals surface area contributed by atoms with Gasteiger partial charge in [-0.1, -0.05) is 20.8 Å². The van der Waals surface area contributed by atoms with E-state index in [-0.39, 0.29) is 5.60 Å². The highest BCUT2D eigenvalue weighted by Crippen LogP contribution is 2.26. The van der Waals surface area contributed by atoms with E-state index in [9.17, 15) is 0 Å². The molecule has 1 aromatic rings. The Bertz CT molecular complexity index is 453. The Morgan fingerprint density at radius 2 is 2.10 bits per heavy atom. The second-order valence-electron chi connectivity index (χ2n) is 6.56. The average Bonchev–Trinajstić information content (AvgIpc) is 3.21. The molecule has 112 valence electrons. The Kier molecular flexibility index (Phi) is 4.63. The number of nitrogens with one attached hydrogen (secondary N) is 1. The van der Waals surface area contributed by atoms with Crippen LogP contribution in [0.2, 0.25) is 0 Å². The summed E-state index contributed by atoms with van der Waals surface area (Å²) in [5.41, 5.74) is 0.800. The molecule has 1 aliphatic rings. The summed E-state index contributed by atoms with van der Waals surface area (Å²) < 4.78 is 6.10. The average molecular weight is 277 g/mol. The van der Waals surface area contributed by atoms with Gasteiger partial charge in [0.2, 0.25) is 0 Å². The van der Waals surface area contributed by atoms with Gasteiger partial charge in [-0.25, -0.2) is 9.97 Å². The number of rotatable bonds is 7. The molecule has 0 aliphatic heterocycles. The van der Waals surface area contributed by atoms with E-state index in [2.05, 4.69) is 44.9 Å². The predicted molar refractivity (Wildman–Crippen MR) is 81.0 cm³/mol. The molecule has 0 unspecified atom stereocenters. The Balaban J connectivity index is 2.18. The first-order valence-electron chi connectivity index (χ1n) is 7.69. The second kappa shape index (κ2) is 6.08. The van der Waals surface area contributed by atoms with Crippen LogP contribution < -0.4 is 10.1 Å². The zero-order chi connectivity index (χ0) is 14.8. The molecule has 2 rings (SSSR count). The molecule has 1 aromatic heterocycles. The highest BCUT2D eigenvalue weighted by Gasteiger charge is 2.23. The fourth-order valence-corrected chi connectivity index (χ4v) is 1.81. The summed E-state index contributed by atoms with van der Waals surface area (Å²) in [7, 11) is 0. The maximum atomic E-state index is 6.10. The van der Waals surface area contributed by atoms with E-state index in [4.69, 9.17) is 9.72 Å². The molecule has 1 heterocycles. The highest BCUT2D eigenvalue weighted by molar-refractivity contribution is 5.26. The number of ether oxygens (including phenoxy) is 1. The smallest absolute Gasteiger partial charge is 0.161 e. The monoisotopic (exact) mass is 277 g/mol. The third-order valence-corrected chi connectivity index (χ3v) is 3.74. The molecule has 0 bridgehead atoms. The number of aromatic nitrogens is 2. The minimum absolute atomic E-state index is 0.183. The topological polar surface area (TPSA) is 47.0 Å². The van der Waals surface area contributed by atoms with E-state index in [0.29, 0.717) is 12.0 Å². The summed E-state index contributed by atoms with van der Waals surface area (Å²) in [5.74, 6) is 2.04. The maximum absolute atomic E-state index is 6.10. The van der Waals surface area contributed by atoms with Crippen LogP contribution >= 0.6 is 0 Å². The summed E-state index contributed by atoms with van der Waals surface area (Å²) in [5, 5.41) is 3.51. The molecule has 0 amide bonds. The van der Waals surface area contributed by atoms with E-state index in [0.717, 1.165) is 30.2 Å². The van der Waals surface area contributed by atoms with Crippen LogP contribution in [0, 0.1) is 0 Å². The first-order valence-corrected chi connectivity index (χ1v) is 7.69. The summed E-state index contributed by atoms with van der Waals surface area (Å²) in [6, 6.07) is 0.666. The quantitative estimate of drug-likeness (QED) is 0.829. The normalized spacial score (nSPS) is 15.7. The minimum atomic E-state index is -0.183. The van der Waals surface area contributed by atoms with E-state index in [1.165, 1.54) is 12.8 Å². The summed E-state index contributed by atoms with van der Waals surface area (Å²) in [4.78, 5) is 9.13. The van der Waals surface area contributed by atoms with Crippen LogP contribution in [-0.4, -0.2) is 21.6 Å². The van der Waals surface area contributed by atoms with Crippen LogP contribution in [0.25, 0.3) is 0 Å². The molecule has 1 fully saturated rings. The standard InChI is InChI=1S/C16H27N3O/c1-6-16(4,5)20-14-10-18-15(11(2)3)19-13(14)9-17-12-7-8-12/h10-12,17H,6-9H2,1-5H3. The molecule has 0 aromatic carbocycles. The van der Waals surface area contributed by atoms with Crippen molar-refractivity contribution >= 4 is 0 Å². The third kappa shape index (κ3) is 4.17. The molecule has 0 radical (unpaired) electrons. The highest BCUT2D eigenvalue weighted by atomic mass is 16.5. The molecular formula is C16H27N3O. The number of nitrogens with zero attached hydrogens (tertiary/aromatic N) is 2. The van der Waals surface area contributed by atoms with Crippen molar-refractivity contribution in [3.63, 3.8) is 0 Å². The van der Waals surface area contributed by atoms with Crippen molar-refractivity contribution < 1.29 is 4.74 Å². The van der Waals surface area contributed by atoms with Gasteiger partial charge in [0.1, 0.15) is 11.4 Å². The van der Waals surface area contributed by atoms with Crippen LogP contribution in [-0.2, 0) is 6.54 Å². The lowest BCUT2D eigenvalue weighted by Crippen LogP contribution is -2.28. The van der Waals surface area contributed by atoms with Crippen molar-refractivity contribution in [3.8, 4) is 5.75 Å². The molecule has 0 spiro atoms. The summed E-state index contributed by atoms with van der Waals surface area (Å²) >= 11 is 0. The van der Waals surface area contributed by atoms with Gasteiger partial charge in [0.05, 0.1) is 11.9 Å². The molecule has 20 heavy (non-hydrogen) atoms. The van der Waals surface area contributed by atoms with Gasteiger partial charge < -0.3 is 10.1 Å². The Labute approximate surface area is 122 Å². The van der Waals surface area contributed by atoms with Crippen LogP contribution in [0.3, 0.4) is 0 Å². The van der Waals surface area contributed by atoms with E-state index in [1.807, 2.05) is 6.20 Å². The van der Waals surface area contributed by atoms with Gasteiger partial charge in [0.15, 0.2) is 5.75 Å². The molecule has 1 saturated carbocycles. The van der Waals surface area contributed by atoms with E-state index < -0.39 is 0 Å². The SMILES string of the molecule is CCC(C)(C)Oc1cnc(C(C)C)nc1CNC1CC1. The van der Waals surface area contributed by atoms with Gasteiger partial charge in [-0.2, -0.15) is 0 Å². The van der Waals surface area contributed by atoms with Gasteiger partial charge in [-0.15, -0.1) is 0 Å². The van der Waals surface area contributed by atoms with E-state index in [1.54, 1.807) is 0 Å².